The van der Waals surface area contributed by atoms with Crippen LogP contribution >= 0.6 is 0 Å². The van der Waals surface area contributed by atoms with E-state index in [2.05, 4.69) is 20.5 Å². The summed E-state index contributed by atoms with van der Waals surface area (Å²) in [5.74, 6) is 0.893. The highest BCUT2D eigenvalue weighted by molar-refractivity contribution is 5.81. The molecule has 1 rings (SSSR count). The van der Waals surface area contributed by atoms with Gasteiger partial charge in [0.25, 0.3) is 0 Å². The van der Waals surface area contributed by atoms with Gasteiger partial charge in [-0.1, -0.05) is 0 Å². The highest BCUT2D eigenvalue weighted by Gasteiger charge is 2.09. The summed E-state index contributed by atoms with van der Waals surface area (Å²) in [6, 6.07) is 0. The summed E-state index contributed by atoms with van der Waals surface area (Å²) in [5, 5.41) is 6.39. The van der Waals surface area contributed by atoms with Gasteiger partial charge in [-0.05, 0) is 6.92 Å². The zero-order chi connectivity index (χ0) is 15.5. The molecule has 7 heteroatoms. The van der Waals surface area contributed by atoms with Gasteiger partial charge in [-0.15, -0.1) is 0 Å². The van der Waals surface area contributed by atoms with Crippen LogP contribution in [0.5, 0.6) is 0 Å². The van der Waals surface area contributed by atoms with Crippen LogP contribution in [0, 0.1) is 0 Å². The first-order valence-corrected chi connectivity index (χ1v) is 7.66. The maximum atomic E-state index is 11.5. The van der Waals surface area contributed by atoms with Crippen molar-refractivity contribution in [1.82, 2.24) is 20.4 Å². The van der Waals surface area contributed by atoms with Gasteiger partial charge in [0.1, 0.15) is 0 Å². The number of amides is 1. The molecule has 21 heavy (non-hydrogen) atoms. The number of hydrogen-bond donors (Lipinski definition) is 2. The van der Waals surface area contributed by atoms with Crippen molar-refractivity contribution >= 4 is 11.9 Å². The number of nitrogens with zero attached hydrogens (tertiary/aromatic N) is 3. The third-order valence-corrected chi connectivity index (χ3v) is 3.26. The molecule has 0 aromatic carbocycles. The Kier molecular flexibility index (Phi) is 8.77. The Bertz CT molecular complexity index is 327. The maximum Gasteiger partial charge on any atom is 0.223 e. The van der Waals surface area contributed by atoms with Gasteiger partial charge in [-0.2, -0.15) is 0 Å². The number of rotatable bonds is 7. The number of carbonyl (C=O) groups is 1. The van der Waals surface area contributed by atoms with E-state index in [1.165, 1.54) is 0 Å². The Labute approximate surface area is 127 Å². The van der Waals surface area contributed by atoms with Crippen LogP contribution in [-0.2, 0) is 9.53 Å². The average molecular weight is 299 g/mol. The van der Waals surface area contributed by atoms with Crippen molar-refractivity contribution in [3.8, 4) is 0 Å². The van der Waals surface area contributed by atoms with Gasteiger partial charge in [0, 0.05) is 53.2 Å². The van der Waals surface area contributed by atoms with Crippen LogP contribution in [0.25, 0.3) is 0 Å². The minimum Gasteiger partial charge on any atom is -0.379 e. The van der Waals surface area contributed by atoms with Crippen LogP contribution in [0.3, 0.4) is 0 Å². The molecule has 0 radical (unpaired) electrons. The Morgan fingerprint density at radius 3 is 2.62 bits per heavy atom. The summed E-state index contributed by atoms with van der Waals surface area (Å²) in [6.45, 7) is 8.72. The molecule has 0 unspecified atom stereocenters. The van der Waals surface area contributed by atoms with Crippen LogP contribution < -0.4 is 10.6 Å². The summed E-state index contributed by atoms with van der Waals surface area (Å²) in [6.07, 6.45) is 0.473. The summed E-state index contributed by atoms with van der Waals surface area (Å²) in [4.78, 5) is 20.0. The lowest BCUT2D eigenvalue weighted by atomic mass is 10.4. The first kappa shape index (κ1) is 17.7. The Hall–Kier alpha value is -1.34. The third kappa shape index (κ3) is 7.87. The molecule has 0 aromatic heterocycles. The number of aliphatic imine (C=N–C) groups is 1. The first-order chi connectivity index (χ1) is 10.1. The summed E-state index contributed by atoms with van der Waals surface area (Å²) in [7, 11) is 3.54. The van der Waals surface area contributed by atoms with E-state index >= 15 is 0 Å². The largest absolute Gasteiger partial charge is 0.379 e. The maximum absolute atomic E-state index is 11.5. The zero-order valence-electron chi connectivity index (χ0n) is 13.5. The monoisotopic (exact) mass is 299 g/mol. The van der Waals surface area contributed by atoms with Crippen LogP contribution in [-0.4, -0.2) is 88.2 Å². The Morgan fingerprint density at radius 2 is 2.00 bits per heavy atom. The fraction of sp³-hybridized carbons (Fsp3) is 0.857. The van der Waals surface area contributed by atoms with E-state index in [0.717, 1.165) is 51.9 Å². The fourth-order valence-corrected chi connectivity index (χ4v) is 1.98. The standard InChI is InChI=1S/C14H29N5O2/c1-4-15-14(16-6-5-13(20)18(2)3)17-7-8-19-9-11-21-12-10-19/h4-12H2,1-3H3,(H2,15,16,17). The molecule has 0 bridgehead atoms. The lowest BCUT2D eigenvalue weighted by Crippen LogP contribution is -2.41. The lowest BCUT2D eigenvalue weighted by molar-refractivity contribution is -0.128. The number of guanidine groups is 1. The van der Waals surface area contributed by atoms with Crippen molar-refractivity contribution in [1.29, 1.82) is 0 Å². The molecule has 122 valence electrons. The van der Waals surface area contributed by atoms with Crippen molar-refractivity contribution in [3.63, 3.8) is 0 Å². The molecule has 1 amide bonds. The van der Waals surface area contributed by atoms with Gasteiger partial charge in [0.05, 0.1) is 19.8 Å². The minimum atomic E-state index is 0.117. The zero-order valence-corrected chi connectivity index (χ0v) is 13.5. The number of ether oxygens (including phenoxy) is 1. The predicted molar refractivity (Wildman–Crippen MR) is 84.6 cm³/mol. The summed E-state index contributed by atoms with van der Waals surface area (Å²) in [5.41, 5.74) is 0. The highest BCUT2D eigenvalue weighted by Crippen LogP contribution is 1.95. The lowest BCUT2D eigenvalue weighted by Gasteiger charge is -2.25. The van der Waals surface area contributed by atoms with Crippen LogP contribution in [0.1, 0.15) is 13.3 Å². The summed E-state index contributed by atoms with van der Waals surface area (Å²) < 4.78 is 5.32. The van der Waals surface area contributed by atoms with Crippen molar-refractivity contribution in [3.05, 3.63) is 0 Å². The average Bonchev–Trinajstić information content (AvgIpc) is 2.48. The van der Waals surface area contributed by atoms with E-state index < -0.39 is 0 Å². The molecular weight excluding hydrogens is 270 g/mol. The summed E-state index contributed by atoms with van der Waals surface area (Å²) >= 11 is 0. The molecule has 0 saturated carbocycles. The van der Waals surface area contributed by atoms with Gasteiger partial charge in [0.2, 0.25) is 5.91 Å². The molecule has 0 spiro atoms. The van der Waals surface area contributed by atoms with E-state index in [9.17, 15) is 4.79 Å². The number of carbonyl (C=O) groups excluding carboxylic acids is 1. The van der Waals surface area contributed by atoms with Gasteiger partial charge >= 0.3 is 0 Å². The van der Waals surface area contributed by atoms with E-state index in [1.807, 2.05) is 6.92 Å². The molecule has 1 aliphatic heterocycles. The van der Waals surface area contributed by atoms with E-state index in [0.29, 0.717) is 13.0 Å². The molecule has 0 atom stereocenters. The van der Waals surface area contributed by atoms with E-state index in [-0.39, 0.29) is 5.91 Å². The number of hydrogen-bond acceptors (Lipinski definition) is 4. The van der Waals surface area contributed by atoms with Crippen molar-refractivity contribution in [2.45, 2.75) is 13.3 Å². The molecule has 7 nitrogen and oxygen atoms in total. The van der Waals surface area contributed by atoms with Crippen LogP contribution in [0.4, 0.5) is 0 Å². The topological polar surface area (TPSA) is 69.2 Å². The van der Waals surface area contributed by atoms with Gasteiger partial charge in [-0.3, -0.25) is 14.7 Å². The highest BCUT2D eigenvalue weighted by atomic mass is 16.5. The number of nitrogens with one attached hydrogen (secondary N) is 2. The van der Waals surface area contributed by atoms with Crippen LogP contribution in [0.15, 0.2) is 4.99 Å². The van der Waals surface area contributed by atoms with E-state index in [4.69, 9.17) is 4.74 Å². The number of morpholine rings is 1. The minimum absolute atomic E-state index is 0.117. The quantitative estimate of drug-likeness (QED) is 0.483. The molecule has 2 N–H and O–H groups in total. The van der Waals surface area contributed by atoms with Crippen molar-refractivity contribution in [2.24, 2.45) is 4.99 Å². The van der Waals surface area contributed by atoms with Crippen molar-refractivity contribution in [2.75, 3.05) is 66.6 Å². The smallest absolute Gasteiger partial charge is 0.223 e. The first-order valence-electron chi connectivity index (χ1n) is 7.66. The second-order valence-corrected chi connectivity index (χ2v) is 5.18. The second kappa shape index (κ2) is 10.4. The Balaban J connectivity index is 2.26. The van der Waals surface area contributed by atoms with Gasteiger partial charge in [-0.25, -0.2) is 0 Å². The Morgan fingerprint density at radius 1 is 1.29 bits per heavy atom. The molecule has 1 fully saturated rings. The predicted octanol–water partition coefficient (Wildman–Crippen LogP) is -0.648. The third-order valence-electron chi connectivity index (χ3n) is 3.26. The molecule has 1 saturated heterocycles. The molecule has 0 aromatic rings. The molecular formula is C14H29N5O2. The van der Waals surface area contributed by atoms with E-state index in [1.54, 1.807) is 19.0 Å². The molecule has 1 heterocycles. The second-order valence-electron chi connectivity index (χ2n) is 5.18. The normalized spacial score (nSPS) is 16.6. The SMILES string of the molecule is CCNC(=NCCN1CCOCC1)NCCC(=O)N(C)C. The molecule has 0 aliphatic carbocycles. The van der Waals surface area contributed by atoms with Gasteiger partial charge in [0.15, 0.2) is 5.96 Å². The fourth-order valence-electron chi connectivity index (χ4n) is 1.98. The van der Waals surface area contributed by atoms with Crippen LogP contribution in [0.2, 0.25) is 0 Å². The van der Waals surface area contributed by atoms with Gasteiger partial charge < -0.3 is 20.3 Å². The molecule has 1 aliphatic rings. The van der Waals surface area contributed by atoms with Crippen molar-refractivity contribution < 1.29 is 9.53 Å².